The first kappa shape index (κ1) is 27.1. The molecule has 0 aliphatic carbocycles. The summed E-state index contributed by atoms with van der Waals surface area (Å²) in [6.07, 6.45) is 2.86. The highest BCUT2D eigenvalue weighted by molar-refractivity contribution is 5.97. The van der Waals surface area contributed by atoms with Gasteiger partial charge in [0.2, 0.25) is 5.43 Å². The van der Waals surface area contributed by atoms with Crippen molar-refractivity contribution in [2.75, 3.05) is 44.7 Å². The highest BCUT2D eigenvalue weighted by atomic mass is 19.1. The predicted octanol–water partition coefficient (Wildman–Crippen LogP) is 0.515. The van der Waals surface area contributed by atoms with Crippen molar-refractivity contribution in [2.45, 2.75) is 13.0 Å². The molecule has 3 aromatic heterocycles. The van der Waals surface area contributed by atoms with E-state index in [0.717, 1.165) is 23.7 Å². The van der Waals surface area contributed by atoms with E-state index in [1.54, 1.807) is 23.2 Å². The van der Waals surface area contributed by atoms with Crippen LogP contribution < -0.4 is 26.3 Å². The van der Waals surface area contributed by atoms with Gasteiger partial charge < -0.3 is 28.8 Å². The Morgan fingerprint density at radius 2 is 1.73 bits per heavy atom. The van der Waals surface area contributed by atoms with Crippen LogP contribution in [-0.4, -0.2) is 79.1 Å². The summed E-state index contributed by atoms with van der Waals surface area (Å²) in [4.78, 5) is 55.2. The van der Waals surface area contributed by atoms with E-state index in [1.165, 1.54) is 24.1 Å². The Bertz CT molecular complexity index is 1850. The summed E-state index contributed by atoms with van der Waals surface area (Å²) in [5.74, 6) is -1.54. The highest BCUT2D eigenvalue weighted by Crippen LogP contribution is 2.42. The molecular weight excluding hydrogens is 525 g/mol. The Morgan fingerprint density at radius 1 is 1.05 bits per heavy atom. The van der Waals surface area contributed by atoms with Crippen LogP contribution in [0, 0.1) is 5.82 Å². The lowest BCUT2D eigenvalue weighted by Crippen LogP contribution is -2.45. The zero-order valence-corrected chi connectivity index (χ0v) is 22.8. The standard InChI is InChI=1S/C18H20FN3O4.C8H10N4O2/c1-10-9-26-17-14-11(16(23)12(18(24)25)8-22(10)14)7-13(19)15(17)21-5-3-20(2)4-6-21;1-10-4-9-6-5(10)7(13)12(3)8(14)11(6)2/h7-8,10H,3-6,9H2,1-2H3,(H,24,25);4H,1-3H3/t10-;/m0./s1. The fraction of sp³-hybridized carbons (Fsp3) is 0.423. The normalized spacial score (nSPS) is 17.1. The second-order valence-electron chi connectivity index (χ2n) is 10.2. The van der Waals surface area contributed by atoms with Crippen molar-refractivity contribution in [1.82, 2.24) is 28.2 Å². The maximum atomic E-state index is 15.0. The molecule has 2 aliphatic heterocycles. The van der Waals surface area contributed by atoms with E-state index in [1.807, 2.05) is 18.9 Å². The number of likely N-dealkylation sites (N-methyl/N-ethyl adjacent to an activating group) is 1. The summed E-state index contributed by atoms with van der Waals surface area (Å²) in [6, 6.07) is 0.994. The number of aryl methyl sites for hydroxylation is 2. The Hall–Kier alpha value is -4.46. The van der Waals surface area contributed by atoms with Crippen LogP contribution in [0.15, 0.2) is 33.0 Å². The number of hydrogen-bond acceptors (Lipinski definition) is 8. The molecule has 0 radical (unpaired) electrons. The number of hydrogen-bond donors (Lipinski definition) is 1. The molecule has 1 N–H and O–H groups in total. The van der Waals surface area contributed by atoms with Gasteiger partial charge in [0.25, 0.3) is 5.56 Å². The van der Waals surface area contributed by atoms with Crippen LogP contribution in [0.2, 0.25) is 0 Å². The average Bonchev–Trinajstić information content (AvgIpc) is 3.31. The number of carbonyl (C=O) groups is 1. The van der Waals surface area contributed by atoms with Gasteiger partial charge in [0, 0.05) is 53.5 Å². The second kappa shape index (κ2) is 9.93. The number of halogens is 1. The van der Waals surface area contributed by atoms with Crippen molar-refractivity contribution in [3.8, 4) is 5.75 Å². The van der Waals surface area contributed by atoms with Gasteiger partial charge in [-0.1, -0.05) is 0 Å². The fourth-order valence-electron chi connectivity index (χ4n) is 5.16. The summed E-state index contributed by atoms with van der Waals surface area (Å²) in [5.41, 5.74) is -0.0437. The Balaban J connectivity index is 0.000000194. The van der Waals surface area contributed by atoms with Crippen LogP contribution in [0.3, 0.4) is 0 Å². The first-order chi connectivity index (χ1) is 18.9. The largest absolute Gasteiger partial charge is 0.487 e. The van der Waals surface area contributed by atoms with Crippen LogP contribution in [-0.2, 0) is 21.1 Å². The quantitative estimate of drug-likeness (QED) is 0.375. The molecular formula is C26H30FN7O6. The van der Waals surface area contributed by atoms with Crippen LogP contribution >= 0.6 is 0 Å². The van der Waals surface area contributed by atoms with Crippen LogP contribution in [0.1, 0.15) is 23.3 Å². The lowest BCUT2D eigenvalue weighted by molar-refractivity contribution is 0.0694. The van der Waals surface area contributed by atoms with Crippen molar-refractivity contribution in [2.24, 2.45) is 21.1 Å². The third-order valence-electron chi connectivity index (χ3n) is 7.51. The van der Waals surface area contributed by atoms with Crippen molar-refractivity contribution >= 4 is 33.7 Å². The molecule has 4 aromatic rings. The molecule has 2 aliphatic rings. The molecule has 1 saturated heterocycles. The number of rotatable bonds is 2. The first-order valence-electron chi connectivity index (χ1n) is 12.7. The number of aromatic carboxylic acids is 1. The Morgan fingerprint density at radius 3 is 2.38 bits per heavy atom. The van der Waals surface area contributed by atoms with Crippen molar-refractivity contribution in [3.63, 3.8) is 0 Å². The third kappa shape index (κ3) is 4.24. The molecule has 1 fully saturated rings. The van der Waals surface area contributed by atoms with Gasteiger partial charge in [-0.2, -0.15) is 0 Å². The molecule has 6 rings (SSSR count). The highest BCUT2D eigenvalue weighted by Gasteiger charge is 2.31. The summed E-state index contributed by atoms with van der Waals surface area (Å²) in [7, 11) is 6.79. The number of piperazine rings is 1. The summed E-state index contributed by atoms with van der Waals surface area (Å²) < 4.78 is 26.6. The number of fused-ring (bicyclic) bond motifs is 1. The van der Waals surface area contributed by atoms with E-state index < -0.39 is 17.2 Å². The number of nitrogens with zero attached hydrogens (tertiary/aromatic N) is 7. The maximum Gasteiger partial charge on any atom is 0.341 e. The Labute approximate surface area is 226 Å². The number of carboxylic acid groups (broad SMARTS) is 1. The zero-order valence-electron chi connectivity index (χ0n) is 22.8. The molecule has 40 heavy (non-hydrogen) atoms. The lowest BCUT2D eigenvalue weighted by Gasteiger charge is -2.37. The van der Waals surface area contributed by atoms with E-state index in [-0.39, 0.29) is 34.8 Å². The SMILES string of the molecule is C[C@H]1COc2c(N3CCN(C)CC3)c(F)cc3c(=O)c(C(=O)O)cn1c23.Cn1c(=O)c2c(ncn2C)n(C)c1=O. The van der Waals surface area contributed by atoms with Gasteiger partial charge in [-0.3, -0.25) is 18.7 Å². The minimum absolute atomic E-state index is 0.0434. The van der Waals surface area contributed by atoms with E-state index in [2.05, 4.69) is 9.88 Å². The van der Waals surface area contributed by atoms with Gasteiger partial charge in [0.05, 0.1) is 23.3 Å². The lowest BCUT2D eigenvalue weighted by atomic mass is 10.1. The molecule has 5 heterocycles. The smallest absolute Gasteiger partial charge is 0.341 e. The molecule has 0 amide bonds. The average molecular weight is 556 g/mol. The maximum absolute atomic E-state index is 15.0. The minimum atomic E-state index is -1.32. The van der Waals surface area contributed by atoms with Crippen LogP contribution in [0.25, 0.3) is 22.1 Å². The number of ether oxygens (including phenoxy) is 1. The number of carboxylic acids is 1. The fourth-order valence-corrected chi connectivity index (χ4v) is 5.16. The number of imidazole rings is 1. The topological polar surface area (TPSA) is 137 Å². The number of pyridine rings is 1. The summed E-state index contributed by atoms with van der Waals surface area (Å²) in [5, 5.41) is 9.36. The van der Waals surface area contributed by atoms with Gasteiger partial charge in [0.1, 0.15) is 17.9 Å². The number of benzene rings is 1. The molecule has 0 spiro atoms. The third-order valence-corrected chi connectivity index (χ3v) is 7.51. The minimum Gasteiger partial charge on any atom is -0.487 e. The van der Waals surface area contributed by atoms with Crippen LogP contribution in [0.5, 0.6) is 5.75 Å². The van der Waals surface area contributed by atoms with Gasteiger partial charge in [0.15, 0.2) is 22.7 Å². The summed E-state index contributed by atoms with van der Waals surface area (Å²) >= 11 is 0. The van der Waals surface area contributed by atoms with Gasteiger partial charge >= 0.3 is 11.7 Å². The van der Waals surface area contributed by atoms with E-state index in [0.29, 0.717) is 41.2 Å². The number of aromatic nitrogens is 5. The molecule has 212 valence electrons. The molecule has 1 atom stereocenters. The van der Waals surface area contributed by atoms with E-state index >= 15 is 0 Å². The second-order valence-corrected chi connectivity index (χ2v) is 10.2. The van der Waals surface area contributed by atoms with E-state index in [9.17, 15) is 28.7 Å². The van der Waals surface area contributed by atoms with Gasteiger partial charge in [-0.15, -0.1) is 0 Å². The number of anilines is 1. The van der Waals surface area contributed by atoms with Gasteiger partial charge in [-0.05, 0) is 20.0 Å². The Kier molecular flexibility index (Phi) is 6.74. The van der Waals surface area contributed by atoms with Crippen molar-refractivity contribution in [1.29, 1.82) is 0 Å². The zero-order chi connectivity index (χ0) is 29.0. The van der Waals surface area contributed by atoms with E-state index in [4.69, 9.17) is 4.74 Å². The molecule has 1 aromatic carbocycles. The van der Waals surface area contributed by atoms with Crippen LogP contribution in [0.4, 0.5) is 10.1 Å². The monoisotopic (exact) mass is 555 g/mol. The molecule has 0 bridgehead atoms. The molecule has 0 saturated carbocycles. The molecule has 13 nitrogen and oxygen atoms in total. The molecule has 14 heteroatoms. The van der Waals surface area contributed by atoms with Crippen molar-refractivity contribution in [3.05, 3.63) is 61.0 Å². The van der Waals surface area contributed by atoms with Crippen molar-refractivity contribution < 1.29 is 19.0 Å². The first-order valence-corrected chi connectivity index (χ1v) is 12.7. The predicted molar refractivity (Wildman–Crippen MR) is 146 cm³/mol. The van der Waals surface area contributed by atoms with Gasteiger partial charge in [-0.25, -0.2) is 19.0 Å². The molecule has 0 unspecified atom stereocenters. The summed E-state index contributed by atoms with van der Waals surface area (Å²) in [6.45, 7) is 5.08.